The number of carbonyl (C=O) groups is 2. The van der Waals surface area contributed by atoms with Crippen LogP contribution < -0.4 is 0 Å². The van der Waals surface area contributed by atoms with E-state index in [-0.39, 0.29) is 19.1 Å². The summed E-state index contributed by atoms with van der Waals surface area (Å²) in [5, 5.41) is 9.95. The molecule has 2 heterocycles. The van der Waals surface area contributed by atoms with Gasteiger partial charge in [0.1, 0.15) is 0 Å². The van der Waals surface area contributed by atoms with Crippen molar-refractivity contribution in [3.8, 4) is 0 Å². The van der Waals surface area contributed by atoms with Crippen LogP contribution in [0.2, 0.25) is 0 Å². The molecule has 108 valence electrons. The van der Waals surface area contributed by atoms with E-state index in [4.69, 9.17) is 4.74 Å². The number of benzene rings is 1. The molecular weight excluding hydrogens is 272 g/mol. The Balaban J connectivity index is 2.01. The fraction of sp³-hybridized carbons (Fsp3) is 0.267. The average molecular weight is 286 g/mol. The molecule has 1 saturated heterocycles. The van der Waals surface area contributed by atoms with Gasteiger partial charge in [-0.1, -0.05) is 12.1 Å². The van der Waals surface area contributed by atoms with Gasteiger partial charge in [-0.2, -0.15) is 0 Å². The van der Waals surface area contributed by atoms with E-state index in [2.05, 4.69) is 4.98 Å². The normalized spacial score (nSPS) is 18.7. The van der Waals surface area contributed by atoms with Gasteiger partial charge in [0.15, 0.2) is 6.04 Å². The number of carboxylic acids is 1. The Kier molecular flexibility index (Phi) is 3.53. The Bertz CT molecular complexity index is 696. The summed E-state index contributed by atoms with van der Waals surface area (Å²) in [6, 6.07) is 7.89. The van der Waals surface area contributed by atoms with E-state index < -0.39 is 12.0 Å². The smallest absolute Gasteiger partial charge is 0.328 e. The molecule has 1 aliphatic rings. The maximum absolute atomic E-state index is 12.7. The summed E-state index contributed by atoms with van der Waals surface area (Å²) in [6.45, 7) is 0.634. The number of ether oxygens (including phenoxy) is 1. The Morgan fingerprint density at radius 2 is 2.14 bits per heavy atom. The van der Waals surface area contributed by atoms with Gasteiger partial charge in [0.05, 0.1) is 18.7 Å². The van der Waals surface area contributed by atoms with Gasteiger partial charge in [-0.25, -0.2) is 4.79 Å². The zero-order valence-electron chi connectivity index (χ0n) is 11.2. The van der Waals surface area contributed by atoms with Crippen LogP contribution in [0.1, 0.15) is 10.4 Å². The number of hydrogen-bond acceptors (Lipinski definition) is 4. The van der Waals surface area contributed by atoms with Crippen molar-refractivity contribution in [3.05, 3.63) is 42.1 Å². The van der Waals surface area contributed by atoms with E-state index >= 15 is 0 Å². The van der Waals surface area contributed by atoms with Crippen LogP contribution in [0.25, 0.3) is 10.9 Å². The van der Waals surface area contributed by atoms with Gasteiger partial charge in [0.25, 0.3) is 5.91 Å². The lowest BCUT2D eigenvalue weighted by atomic mass is 10.1. The maximum Gasteiger partial charge on any atom is 0.328 e. The van der Waals surface area contributed by atoms with Crippen molar-refractivity contribution in [2.45, 2.75) is 6.04 Å². The lowest BCUT2D eigenvalue weighted by Crippen LogP contribution is -2.52. The standard InChI is InChI=1S/C15H14N2O4/c18-14(17-7-8-21-9-13(17)15(19)20)11-3-1-5-12-10(11)4-2-6-16-12/h1-6,13H,7-9H2,(H,19,20). The number of pyridine rings is 1. The van der Waals surface area contributed by atoms with E-state index in [1.54, 1.807) is 24.4 Å². The fourth-order valence-corrected chi connectivity index (χ4v) is 2.50. The van der Waals surface area contributed by atoms with E-state index in [1.807, 2.05) is 12.1 Å². The molecule has 0 spiro atoms. The largest absolute Gasteiger partial charge is 0.480 e. The lowest BCUT2D eigenvalue weighted by molar-refractivity contribution is -0.147. The average Bonchev–Trinajstić information content (AvgIpc) is 2.53. The summed E-state index contributed by atoms with van der Waals surface area (Å²) in [5.41, 5.74) is 1.18. The first-order valence-corrected chi connectivity index (χ1v) is 6.64. The minimum absolute atomic E-state index is 0.0179. The number of aliphatic carboxylic acids is 1. The van der Waals surface area contributed by atoms with Crippen LogP contribution in [0.15, 0.2) is 36.5 Å². The number of morpholine rings is 1. The van der Waals surface area contributed by atoms with Crippen LogP contribution in [0.4, 0.5) is 0 Å². The van der Waals surface area contributed by atoms with Crippen molar-refractivity contribution in [2.75, 3.05) is 19.8 Å². The highest BCUT2D eigenvalue weighted by atomic mass is 16.5. The van der Waals surface area contributed by atoms with Crippen LogP contribution in [-0.2, 0) is 9.53 Å². The summed E-state index contributed by atoms with van der Waals surface area (Å²) in [7, 11) is 0. The number of amides is 1. The predicted octanol–water partition coefficient (Wildman–Crippen LogP) is 1.16. The molecule has 1 aromatic heterocycles. The molecular formula is C15H14N2O4. The van der Waals surface area contributed by atoms with Crippen molar-refractivity contribution in [1.29, 1.82) is 0 Å². The Hall–Kier alpha value is -2.47. The third-order valence-corrected chi connectivity index (χ3v) is 3.55. The van der Waals surface area contributed by atoms with Crippen LogP contribution >= 0.6 is 0 Å². The molecule has 6 nitrogen and oxygen atoms in total. The van der Waals surface area contributed by atoms with Crippen molar-refractivity contribution in [3.63, 3.8) is 0 Å². The highest BCUT2D eigenvalue weighted by molar-refractivity contribution is 6.07. The van der Waals surface area contributed by atoms with Gasteiger partial charge in [-0.15, -0.1) is 0 Å². The molecule has 21 heavy (non-hydrogen) atoms. The molecule has 1 fully saturated rings. The molecule has 1 aliphatic heterocycles. The van der Waals surface area contributed by atoms with Crippen molar-refractivity contribution >= 4 is 22.8 Å². The Morgan fingerprint density at radius 1 is 1.29 bits per heavy atom. The quantitative estimate of drug-likeness (QED) is 0.896. The predicted molar refractivity (Wildman–Crippen MR) is 75.0 cm³/mol. The molecule has 0 saturated carbocycles. The second-order valence-corrected chi connectivity index (χ2v) is 4.80. The number of carboxylic acid groups (broad SMARTS) is 1. The summed E-state index contributed by atoms with van der Waals surface area (Å²) < 4.78 is 5.16. The molecule has 1 amide bonds. The second kappa shape index (κ2) is 5.49. The number of rotatable bonds is 2. The number of fused-ring (bicyclic) bond motifs is 1. The molecule has 0 radical (unpaired) electrons. The molecule has 1 N–H and O–H groups in total. The third kappa shape index (κ3) is 2.45. The SMILES string of the molecule is O=C(O)C1COCCN1C(=O)c1cccc2ncccc12. The number of hydrogen-bond donors (Lipinski definition) is 1. The molecule has 6 heteroatoms. The highest BCUT2D eigenvalue weighted by Crippen LogP contribution is 2.20. The third-order valence-electron chi connectivity index (χ3n) is 3.55. The Labute approximate surface area is 121 Å². The van der Waals surface area contributed by atoms with E-state index in [9.17, 15) is 14.7 Å². The van der Waals surface area contributed by atoms with Gasteiger partial charge in [-0.05, 0) is 18.2 Å². The van der Waals surface area contributed by atoms with Gasteiger partial charge in [0, 0.05) is 23.7 Å². The highest BCUT2D eigenvalue weighted by Gasteiger charge is 2.33. The van der Waals surface area contributed by atoms with Crippen molar-refractivity contribution < 1.29 is 19.4 Å². The molecule has 0 aliphatic carbocycles. The zero-order chi connectivity index (χ0) is 14.8. The zero-order valence-corrected chi connectivity index (χ0v) is 11.2. The maximum atomic E-state index is 12.7. The molecule has 3 rings (SSSR count). The van der Waals surface area contributed by atoms with Crippen molar-refractivity contribution in [1.82, 2.24) is 9.88 Å². The first-order chi connectivity index (χ1) is 10.2. The van der Waals surface area contributed by atoms with E-state index in [0.717, 1.165) is 5.39 Å². The van der Waals surface area contributed by atoms with Crippen LogP contribution in [-0.4, -0.2) is 52.7 Å². The molecule has 2 aromatic rings. The van der Waals surface area contributed by atoms with Crippen molar-refractivity contribution in [2.24, 2.45) is 0 Å². The first-order valence-electron chi connectivity index (χ1n) is 6.64. The molecule has 0 bridgehead atoms. The monoisotopic (exact) mass is 286 g/mol. The minimum atomic E-state index is -1.05. The molecule has 1 unspecified atom stereocenters. The number of nitrogens with zero attached hydrogens (tertiary/aromatic N) is 2. The summed E-state index contributed by atoms with van der Waals surface area (Å²) >= 11 is 0. The van der Waals surface area contributed by atoms with Crippen LogP contribution in [0.5, 0.6) is 0 Å². The van der Waals surface area contributed by atoms with E-state index in [0.29, 0.717) is 17.7 Å². The van der Waals surface area contributed by atoms with Gasteiger partial charge in [-0.3, -0.25) is 9.78 Å². The van der Waals surface area contributed by atoms with Gasteiger partial charge < -0.3 is 14.7 Å². The second-order valence-electron chi connectivity index (χ2n) is 4.80. The fourth-order valence-electron chi connectivity index (χ4n) is 2.50. The van der Waals surface area contributed by atoms with Gasteiger partial charge >= 0.3 is 5.97 Å². The van der Waals surface area contributed by atoms with Gasteiger partial charge in [0.2, 0.25) is 0 Å². The number of carbonyl (C=O) groups excluding carboxylic acids is 1. The number of aromatic nitrogens is 1. The summed E-state index contributed by atoms with van der Waals surface area (Å²) in [6.07, 6.45) is 1.66. The first kappa shape index (κ1) is 13.5. The van der Waals surface area contributed by atoms with Crippen LogP contribution in [0, 0.1) is 0 Å². The minimum Gasteiger partial charge on any atom is -0.480 e. The molecule has 1 aromatic carbocycles. The lowest BCUT2D eigenvalue weighted by Gasteiger charge is -2.33. The topological polar surface area (TPSA) is 79.7 Å². The summed E-state index contributed by atoms with van der Waals surface area (Å²) in [4.78, 5) is 29.6. The van der Waals surface area contributed by atoms with Crippen LogP contribution in [0.3, 0.4) is 0 Å². The summed E-state index contributed by atoms with van der Waals surface area (Å²) in [5.74, 6) is -1.36. The van der Waals surface area contributed by atoms with E-state index in [1.165, 1.54) is 4.90 Å². The Morgan fingerprint density at radius 3 is 2.95 bits per heavy atom. The molecule has 1 atom stereocenters.